The number of nitro groups is 1. The highest BCUT2D eigenvalue weighted by Crippen LogP contribution is 2.29. The lowest BCUT2D eigenvalue weighted by atomic mass is 10.2. The molecule has 0 atom stereocenters. The zero-order chi connectivity index (χ0) is 20.8. The summed E-state index contributed by atoms with van der Waals surface area (Å²) in [5, 5.41) is 13.3. The van der Waals surface area contributed by atoms with Crippen molar-refractivity contribution in [1.29, 1.82) is 0 Å². The van der Waals surface area contributed by atoms with Crippen LogP contribution in [0.5, 0.6) is 5.75 Å². The number of piperazine rings is 1. The summed E-state index contributed by atoms with van der Waals surface area (Å²) in [6.45, 7) is 3.06. The molecule has 152 valence electrons. The van der Waals surface area contributed by atoms with Crippen molar-refractivity contribution in [3.63, 3.8) is 0 Å². The standard InChI is InChI=1S/C20H22N4O5/c1-29-18-13-16(24(27)28)7-8-17(18)21-19(25)20(26)23-11-9-22(10-12-23)14-15-5-3-2-4-6-15/h2-8,13H,9-12,14H2,1H3,(H,21,25). The van der Waals surface area contributed by atoms with E-state index in [0.29, 0.717) is 26.2 Å². The third-order valence-corrected chi connectivity index (χ3v) is 4.75. The molecule has 1 aliphatic heterocycles. The molecule has 1 fully saturated rings. The molecule has 1 saturated heterocycles. The van der Waals surface area contributed by atoms with E-state index in [2.05, 4.69) is 22.3 Å². The maximum absolute atomic E-state index is 12.5. The van der Waals surface area contributed by atoms with Crippen molar-refractivity contribution in [1.82, 2.24) is 9.80 Å². The first-order valence-electron chi connectivity index (χ1n) is 9.17. The second kappa shape index (κ2) is 9.16. The molecule has 0 radical (unpaired) electrons. The monoisotopic (exact) mass is 398 g/mol. The fourth-order valence-electron chi connectivity index (χ4n) is 3.17. The summed E-state index contributed by atoms with van der Waals surface area (Å²) in [6.07, 6.45) is 0. The summed E-state index contributed by atoms with van der Waals surface area (Å²) in [4.78, 5) is 38.9. The lowest BCUT2D eigenvalue weighted by Crippen LogP contribution is -2.51. The number of ether oxygens (including phenoxy) is 1. The van der Waals surface area contributed by atoms with Gasteiger partial charge in [-0.2, -0.15) is 0 Å². The maximum Gasteiger partial charge on any atom is 0.314 e. The number of amides is 2. The molecule has 0 aliphatic carbocycles. The Balaban J connectivity index is 1.56. The molecular weight excluding hydrogens is 376 g/mol. The maximum atomic E-state index is 12.5. The predicted octanol–water partition coefficient (Wildman–Crippen LogP) is 1.89. The Bertz CT molecular complexity index is 895. The van der Waals surface area contributed by atoms with Crippen LogP contribution in [0.15, 0.2) is 48.5 Å². The fourth-order valence-corrected chi connectivity index (χ4v) is 3.17. The van der Waals surface area contributed by atoms with E-state index in [-0.39, 0.29) is 17.1 Å². The predicted molar refractivity (Wildman–Crippen MR) is 107 cm³/mol. The van der Waals surface area contributed by atoms with Crippen LogP contribution in [-0.4, -0.2) is 59.8 Å². The zero-order valence-electron chi connectivity index (χ0n) is 16.0. The van der Waals surface area contributed by atoms with Crippen molar-refractivity contribution in [2.45, 2.75) is 6.54 Å². The lowest BCUT2D eigenvalue weighted by molar-refractivity contribution is -0.384. The number of carbonyl (C=O) groups is 2. The van der Waals surface area contributed by atoms with Gasteiger partial charge >= 0.3 is 11.8 Å². The van der Waals surface area contributed by atoms with Gasteiger partial charge in [-0.3, -0.25) is 24.6 Å². The number of hydrogen-bond acceptors (Lipinski definition) is 6. The number of methoxy groups -OCH3 is 1. The van der Waals surface area contributed by atoms with Gasteiger partial charge in [0.15, 0.2) is 0 Å². The summed E-state index contributed by atoms with van der Waals surface area (Å²) in [5.41, 5.74) is 1.25. The number of hydrogen-bond donors (Lipinski definition) is 1. The van der Waals surface area contributed by atoms with E-state index in [0.717, 1.165) is 6.54 Å². The van der Waals surface area contributed by atoms with Crippen molar-refractivity contribution in [3.8, 4) is 5.75 Å². The van der Waals surface area contributed by atoms with Crippen molar-refractivity contribution < 1.29 is 19.2 Å². The van der Waals surface area contributed by atoms with Gasteiger partial charge < -0.3 is 15.0 Å². The van der Waals surface area contributed by atoms with Gasteiger partial charge in [-0.15, -0.1) is 0 Å². The molecule has 1 heterocycles. The topological polar surface area (TPSA) is 105 Å². The molecule has 1 aliphatic rings. The molecule has 9 heteroatoms. The van der Waals surface area contributed by atoms with E-state index < -0.39 is 16.7 Å². The third-order valence-electron chi connectivity index (χ3n) is 4.75. The number of carbonyl (C=O) groups excluding carboxylic acids is 2. The van der Waals surface area contributed by atoms with Gasteiger partial charge in [-0.25, -0.2) is 0 Å². The van der Waals surface area contributed by atoms with Gasteiger partial charge in [-0.05, 0) is 11.6 Å². The second-order valence-corrected chi connectivity index (χ2v) is 6.65. The van der Waals surface area contributed by atoms with Crippen molar-refractivity contribution in [2.75, 3.05) is 38.6 Å². The molecule has 2 aromatic carbocycles. The first kappa shape index (κ1) is 20.3. The molecule has 2 amide bonds. The highest BCUT2D eigenvalue weighted by atomic mass is 16.6. The number of nitrogens with one attached hydrogen (secondary N) is 1. The van der Waals surface area contributed by atoms with Gasteiger partial charge in [0.1, 0.15) is 5.75 Å². The first-order chi connectivity index (χ1) is 14.0. The van der Waals surface area contributed by atoms with Crippen molar-refractivity contribution >= 4 is 23.2 Å². The fraction of sp³-hybridized carbons (Fsp3) is 0.300. The Kier molecular flexibility index (Phi) is 6.40. The molecule has 2 aromatic rings. The number of rotatable bonds is 5. The van der Waals surface area contributed by atoms with Crippen LogP contribution in [0.1, 0.15) is 5.56 Å². The van der Waals surface area contributed by atoms with E-state index in [9.17, 15) is 19.7 Å². The Labute approximate surface area is 168 Å². The van der Waals surface area contributed by atoms with Crippen LogP contribution in [0.4, 0.5) is 11.4 Å². The summed E-state index contributed by atoms with van der Waals surface area (Å²) >= 11 is 0. The molecular formula is C20H22N4O5. The largest absolute Gasteiger partial charge is 0.494 e. The molecule has 3 rings (SSSR count). The molecule has 9 nitrogen and oxygen atoms in total. The van der Waals surface area contributed by atoms with Crippen LogP contribution in [0.2, 0.25) is 0 Å². The lowest BCUT2D eigenvalue weighted by Gasteiger charge is -2.34. The second-order valence-electron chi connectivity index (χ2n) is 6.65. The smallest absolute Gasteiger partial charge is 0.314 e. The Morgan fingerprint density at radius 1 is 1.10 bits per heavy atom. The minimum atomic E-state index is -0.798. The molecule has 1 N–H and O–H groups in total. The van der Waals surface area contributed by atoms with E-state index in [1.54, 1.807) is 0 Å². The molecule has 0 spiro atoms. The number of benzene rings is 2. The van der Waals surface area contributed by atoms with Crippen LogP contribution in [0.25, 0.3) is 0 Å². The van der Waals surface area contributed by atoms with Crippen LogP contribution >= 0.6 is 0 Å². The quantitative estimate of drug-likeness (QED) is 0.468. The van der Waals surface area contributed by atoms with Gasteiger partial charge in [0.05, 0.1) is 23.8 Å². The molecule has 29 heavy (non-hydrogen) atoms. The number of non-ortho nitro benzene ring substituents is 1. The van der Waals surface area contributed by atoms with Crippen LogP contribution in [-0.2, 0) is 16.1 Å². The SMILES string of the molecule is COc1cc([N+](=O)[O-])ccc1NC(=O)C(=O)N1CCN(Cc2ccccc2)CC1. The zero-order valence-corrected chi connectivity index (χ0v) is 16.0. The highest BCUT2D eigenvalue weighted by Gasteiger charge is 2.27. The van der Waals surface area contributed by atoms with Crippen LogP contribution in [0.3, 0.4) is 0 Å². The van der Waals surface area contributed by atoms with E-state index in [1.807, 2.05) is 18.2 Å². The molecule has 0 aromatic heterocycles. The normalized spacial score (nSPS) is 14.3. The number of nitrogens with zero attached hydrogens (tertiary/aromatic N) is 3. The Morgan fingerprint density at radius 3 is 2.41 bits per heavy atom. The molecule has 0 saturated carbocycles. The van der Waals surface area contributed by atoms with E-state index >= 15 is 0 Å². The minimum absolute atomic E-state index is 0.119. The molecule has 0 unspecified atom stereocenters. The highest BCUT2D eigenvalue weighted by molar-refractivity contribution is 6.39. The number of nitro benzene ring substituents is 1. The van der Waals surface area contributed by atoms with E-state index in [1.165, 1.54) is 35.8 Å². The summed E-state index contributed by atoms with van der Waals surface area (Å²) in [6, 6.07) is 13.9. The Morgan fingerprint density at radius 2 is 1.79 bits per heavy atom. The first-order valence-corrected chi connectivity index (χ1v) is 9.17. The molecule has 0 bridgehead atoms. The van der Waals surface area contributed by atoms with Gasteiger partial charge in [-0.1, -0.05) is 30.3 Å². The van der Waals surface area contributed by atoms with Crippen LogP contribution in [0, 0.1) is 10.1 Å². The van der Waals surface area contributed by atoms with Gasteiger partial charge in [0, 0.05) is 38.8 Å². The average molecular weight is 398 g/mol. The third kappa shape index (κ3) is 5.08. The van der Waals surface area contributed by atoms with Crippen molar-refractivity contribution in [3.05, 3.63) is 64.2 Å². The van der Waals surface area contributed by atoms with Crippen LogP contribution < -0.4 is 10.1 Å². The average Bonchev–Trinajstić information content (AvgIpc) is 2.74. The summed E-state index contributed by atoms with van der Waals surface area (Å²) in [7, 11) is 1.34. The minimum Gasteiger partial charge on any atom is -0.494 e. The summed E-state index contributed by atoms with van der Waals surface area (Å²) in [5.74, 6) is -1.31. The van der Waals surface area contributed by atoms with Gasteiger partial charge in [0.25, 0.3) is 5.69 Å². The van der Waals surface area contributed by atoms with Gasteiger partial charge in [0.2, 0.25) is 0 Å². The summed E-state index contributed by atoms with van der Waals surface area (Å²) < 4.78 is 5.08. The Hall–Kier alpha value is -3.46. The number of anilines is 1. The van der Waals surface area contributed by atoms with Crippen molar-refractivity contribution in [2.24, 2.45) is 0 Å². The van der Waals surface area contributed by atoms with E-state index in [4.69, 9.17) is 4.74 Å².